The van der Waals surface area contributed by atoms with Gasteiger partial charge in [0.25, 0.3) is 0 Å². The van der Waals surface area contributed by atoms with E-state index >= 15 is 0 Å². The highest BCUT2D eigenvalue weighted by molar-refractivity contribution is 6.09. The Morgan fingerprint density at radius 2 is 1.82 bits per heavy atom. The fraction of sp³-hybridized carbons (Fsp3) is 0.0714. The average Bonchev–Trinajstić information content (AvgIpc) is 2.32. The van der Waals surface area contributed by atoms with Crippen molar-refractivity contribution in [2.45, 2.75) is 6.92 Å². The highest BCUT2D eigenvalue weighted by Crippen LogP contribution is 2.15. The van der Waals surface area contributed by atoms with Gasteiger partial charge < -0.3 is 5.73 Å². The van der Waals surface area contributed by atoms with Crippen molar-refractivity contribution < 1.29 is 9.18 Å². The van der Waals surface area contributed by atoms with Gasteiger partial charge in [0.05, 0.1) is 0 Å². The summed E-state index contributed by atoms with van der Waals surface area (Å²) in [6, 6.07) is 11.1. The summed E-state index contributed by atoms with van der Waals surface area (Å²) in [7, 11) is 0. The Bertz CT molecular complexity index is 578. The second-order valence-electron chi connectivity index (χ2n) is 3.92. The Labute approximate surface area is 98.9 Å². The molecule has 0 unspecified atom stereocenters. The first-order chi connectivity index (χ1) is 8.08. The molecule has 0 aliphatic carbocycles. The SMILES string of the molecule is Cc1cc(C(=O)c2cccc(N)c2)ccc1F. The quantitative estimate of drug-likeness (QED) is 0.635. The summed E-state index contributed by atoms with van der Waals surface area (Å²) in [6.07, 6.45) is 0. The molecule has 86 valence electrons. The van der Waals surface area contributed by atoms with Crippen LogP contribution in [0.5, 0.6) is 0 Å². The Morgan fingerprint density at radius 3 is 2.47 bits per heavy atom. The lowest BCUT2D eigenvalue weighted by Crippen LogP contribution is -2.03. The third-order valence-electron chi connectivity index (χ3n) is 2.57. The molecule has 2 N–H and O–H groups in total. The molecule has 0 aliphatic rings. The van der Waals surface area contributed by atoms with Crippen LogP contribution in [-0.4, -0.2) is 5.78 Å². The number of ketones is 1. The summed E-state index contributed by atoms with van der Waals surface area (Å²) in [5, 5.41) is 0. The van der Waals surface area contributed by atoms with Crippen LogP contribution in [0.1, 0.15) is 21.5 Å². The summed E-state index contributed by atoms with van der Waals surface area (Å²) in [6.45, 7) is 1.63. The van der Waals surface area contributed by atoms with E-state index < -0.39 is 0 Å². The lowest BCUT2D eigenvalue weighted by atomic mass is 10.0. The Morgan fingerprint density at radius 1 is 1.12 bits per heavy atom. The fourth-order valence-corrected chi connectivity index (χ4v) is 1.63. The Balaban J connectivity index is 2.40. The van der Waals surface area contributed by atoms with Crippen molar-refractivity contribution in [1.29, 1.82) is 0 Å². The molecular formula is C14H12FNO. The highest BCUT2D eigenvalue weighted by atomic mass is 19.1. The van der Waals surface area contributed by atoms with Crippen LogP contribution >= 0.6 is 0 Å². The number of halogens is 1. The molecule has 0 saturated carbocycles. The summed E-state index contributed by atoms with van der Waals surface area (Å²) >= 11 is 0. The number of anilines is 1. The van der Waals surface area contributed by atoms with Crippen LogP contribution in [0.25, 0.3) is 0 Å². The van der Waals surface area contributed by atoms with Crippen molar-refractivity contribution >= 4 is 11.5 Å². The zero-order valence-electron chi connectivity index (χ0n) is 9.41. The van der Waals surface area contributed by atoms with E-state index in [0.29, 0.717) is 22.4 Å². The second kappa shape index (κ2) is 4.37. The summed E-state index contributed by atoms with van der Waals surface area (Å²) in [5.74, 6) is -0.463. The van der Waals surface area contributed by atoms with Gasteiger partial charge in [0.1, 0.15) is 5.82 Å². The lowest BCUT2D eigenvalue weighted by Gasteiger charge is -2.04. The molecule has 2 rings (SSSR count). The van der Waals surface area contributed by atoms with Crippen molar-refractivity contribution in [3.05, 3.63) is 65.0 Å². The monoisotopic (exact) mass is 229 g/mol. The molecule has 2 nitrogen and oxygen atoms in total. The van der Waals surface area contributed by atoms with Gasteiger partial charge in [-0.1, -0.05) is 12.1 Å². The molecule has 0 aliphatic heterocycles. The minimum Gasteiger partial charge on any atom is -0.399 e. The second-order valence-corrected chi connectivity index (χ2v) is 3.92. The lowest BCUT2D eigenvalue weighted by molar-refractivity contribution is 0.103. The first-order valence-electron chi connectivity index (χ1n) is 5.24. The normalized spacial score (nSPS) is 10.2. The molecule has 0 atom stereocenters. The smallest absolute Gasteiger partial charge is 0.193 e. The third kappa shape index (κ3) is 2.33. The minimum atomic E-state index is -0.311. The topological polar surface area (TPSA) is 43.1 Å². The van der Waals surface area contributed by atoms with Crippen LogP contribution in [0.3, 0.4) is 0 Å². The van der Waals surface area contributed by atoms with Crippen LogP contribution in [0.15, 0.2) is 42.5 Å². The van der Waals surface area contributed by atoms with Gasteiger partial charge in [-0.2, -0.15) is 0 Å². The molecule has 0 amide bonds. The molecule has 2 aromatic carbocycles. The standard InChI is InChI=1S/C14H12FNO/c1-9-7-11(5-6-13(9)15)14(17)10-3-2-4-12(16)8-10/h2-8H,16H2,1H3. The van der Waals surface area contributed by atoms with E-state index in [2.05, 4.69) is 0 Å². The maximum absolute atomic E-state index is 13.1. The van der Waals surface area contributed by atoms with Crippen LogP contribution < -0.4 is 5.73 Å². The number of aryl methyl sites for hydroxylation is 1. The molecule has 0 radical (unpaired) electrons. The molecule has 0 aromatic heterocycles. The number of carbonyl (C=O) groups excluding carboxylic acids is 1. The zero-order chi connectivity index (χ0) is 12.4. The predicted molar refractivity (Wildman–Crippen MR) is 65.4 cm³/mol. The number of nitrogen functional groups attached to an aromatic ring is 1. The molecular weight excluding hydrogens is 217 g/mol. The Kier molecular flexibility index (Phi) is 2.91. The molecule has 0 bridgehead atoms. The van der Waals surface area contributed by atoms with Gasteiger partial charge >= 0.3 is 0 Å². The van der Waals surface area contributed by atoms with Crippen molar-refractivity contribution in [3.8, 4) is 0 Å². The van der Waals surface area contributed by atoms with E-state index in [-0.39, 0.29) is 11.6 Å². The zero-order valence-corrected chi connectivity index (χ0v) is 9.41. The molecule has 0 fully saturated rings. The van der Waals surface area contributed by atoms with E-state index in [4.69, 9.17) is 5.73 Å². The van der Waals surface area contributed by atoms with Gasteiger partial charge in [-0.05, 0) is 42.8 Å². The van der Waals surface area contributed by atoms with Crippen LogP contribution in [-0.2, 0) is 0 Å². The number of hydrogen-bond acceptors (Lipinski definition) is 2. The number of benzene rings is 2. The first kappa shape index (κ1) is 11.3. The van der Waals surface area contributed by atoms with E-state index in [1.54, 1.807) is 37.3 Å². The van der Waals surface area contributed by atoms with Crippen molar-refractivity contribution in [1.82, 2.24) is 0 Å². The maximum atomic E-state index is 13.1. The summed E-state index contributed by atoms with van der Waals surface area (Å²) in [5.41, 5.74) is 7.59. The van der Waals surface area contributed by atoms with Crippen molar-refractivity contribution in [2.24, 2.45) is 0 Å². The molecule has 17 heavy (non-hydrogen) atoms. The number of hydrogen-bond donors (Lipinski definition) is 1. The van der Waals surface area contributed by atoms with Crippen LogP contribution in [0, 0.1) is 12.7 Å². The van der Waals surface area contributed by atoms with Crippen molar-refractivity contribution in [2.75, 3.05) is 5.73 Å². The van der Waals surface area contributed by atoms with Gasteiger partial charge in [0.2, 0.25) is 0 Å². The van der Waals surface area contributed by atoms with Gasteiger partial charge in [-0.3, -0.25) is 4.79 Å². The largest absolute Gasteiger partial charge is 0.399 e. The van der Waals surface area contributed by atoms with Gasteiger partial charge in [-0.15, -0.1) is 0 Å². The highest BCUT2D eigenvalue weighted by Gasteiger charge is 2.10. The number of rotatable bonds is 2. The van der Waals surface area contributed by atoms with E-state index in [1.165, 1.54) is 12.1 Å². The minimum absolute atomic E-state index is 0.152. The van der Waals surface area contributed by atoms with Crippen molar-refractivity contribution in [3.63, 3.8) is 0 Å². The van der Waals surface area contributed by atoms with E-state index in [0.717, 1.165) is 0 Å². The summed E-state index contributed by atoms with van der Waals surface area (Å²) in [4.78, 5) is 12.1. The molecule has 0 spiro atoms. The van der Waals surface area contributed by atoms with E-state index in [1.807, 2.05) is 0 Å². The molecule has 2 aromatic rings. The average molecular weight is 229 g/mol. The first-order valence-corrected chi connectivity index (χ1v) is 5.24. The van der Waals surface area contributed by atoms with Crippen LogP contribution in [0.2, 0.25) is 0 Å². The molecule has 0 heterocycles. The molecule has 3 heteroatoms. The maximum Gasteiger partial charge on any atom is 0.193 e. The fourth-order valence-electron chi connectivity index (χ4n) is 1.63. The van der Waals surface area contributed by atoms with Gasteiger partial charge in [0.15, 0.2) is 5.78 Å². The van der Waals surface area contributed by atoms with Crippen LogP contribution in [0.4, 0.5) is 10.1 Å². The molecule has 0 saturated heterocycles. The van der Waals surface area contributed by atoms with Gasteiger partial charge in [-0.25, -0.2) is 4.39 Å². The predicted octanol–water partition coefficient (Wildman–Crippen LogP) is 2.95. The summed E-state index contributed by atoms with van der Waals surface area (Å²) < 4.78 is 13.1. The number of nitrogens with two attached hydrogens (primary N) is 1. The number of carbonyl (C=O) groups is 1. The van der Waals surface area contributed by atoms with E-state index in [9.17, 15) is 9.18 Å². The van der Waals surface area contributed by atoms with Gasteiger partial charge in [0, 0.05) is 16.8 Å². The Hall–Kier alpha value is -2.16. The third-order valence-corrected chi connectivity index (χ3v) is 2.57.